The molecule has 0 radical (unpaired) electrons. The van der Waals surface area contributed by atoms with Crippen LogP contribution in [0.2, 0.25) is 0 Å². The number of aliphatic imine (C=N–C) groups is 1. The summed E-state index contributed by atoms with van der Waals surface area (Å²) in [5.41, 5.74) is 8.02. The predicted molar refractivity (Wildman–Crippen MR) is 89.6 cm³/mol. The summed E-state index contributed by atoms with van der Waals surface area (Å²) in [5, 5.41) is 6.53. The van der Waals surface area contributed by atoms with Crippen LogP contribution in [0, 0.1) is 0 Å². The maximum Gasteiger partial charge on any atom is 0.250 e. The first-order valence-corrected chi connectivity index (χ1v) is 7.15. The Balaban J connectivity index is 0.00000220. The summed E-state index contributed by atoms with van der Waals surface area (Å²) in [6, 6.07) is 5.71. The first-order valence-electron chi connectivity index (χ1n) is 7.15. The summed E-state index contributed by atoms with van der Waals surface area (Å²) in [7, 11) is 0. The zero-order chi connectivity index (χ0) is 14.4. The molecule has 1 heterocycles. The normalized spacial score (nSPS) is 13.1. The first kappa shape index (κ1) is 17.3. The zero-order valence-electron chi connectivity index (χ0n) is 12.3. The summed E-state index contributed by atoms with van der Waals surface area (Å²) in [4.78, 5) is 15.9. The van der Waals surface area contributed by atoms with Gasteiger partial charge < -0.3 is 16.4 Å². The number of anilines is 1. The number of nitrogens with two attached hydrogens (primary N) is 1. The van der Waals surface area contributed by atoms with Crippen molar-refractivity contribution in [1.29, 1.82) is 0 Å². The van der Waals surface area contributed by atoms with Crippen molar-refractivity contribution in [2.45, 2.75) is 26.2 Å². The molecule has 0 aliphatic carbocycles. The summed E-state index contributed by atoms with van der Waals surface area (Å²) < 4.78 is 0. The second-order valence-electron chi connectivity index (χ2n) is 4.92. The van der Waals surface area contributed by atoms with Crippen molar-refractivity contribution in [3.8, 4) is 0 Å². The number of rotatable bonds is 7. The molecular weight excluding hydrogens is 288 g/mol. The van der Waals surface area contributed by atoms with Gasteiger partial charge in [0, 0.05) is 6.54 Å². The summed E-state index contributed by atoms with van der Waals surface area (Å²) >= 11 is 0. The number of amidine groups is 1. The highest BCUT2D eigenvalue weighted by Gasteiger charge is 2.13. The van der Waals surface area contributed by atoms with Crippen molar-refractivity contribution in [2.75, 3.05) is 25.0 Å². The van der Waals surface area contributed by atoms with Crippen molar-refractivity contribution in [3.63, 3.8) is 0 Å². The molecule has 1 aromatic rings. The van der Waals surface area contributed by atoms with E-state index in [4.69, 9.17) is 5.73 Å². The first-order chi connectivity index (χ1) is 9.72. The number of carbonyl (C=O) groups excluding carboxylic acids is 1. The molecule has 0 saturated heterocycles. The number of para-hydroxylation sites is 1. The second kappa shape index (κ2) is 8.52. The van der Waals surface area contributed by atoms with Gasteiger partial charge in [0.05, 0.1) is 24.3 Å². The van der Waals surface area contributed by atoms with Gasteiger partial charge in [0.25, 0.3) is 5.91 Å². The van der Waals surface area contributed by atoms with E-state index in [0.29, 0.717) is 12.1 Å². The van der Waals surface area contributed by atoms with E-state index in [1.165, 1.54) is 0 Å². The Hall–Kier alpha value is -1.75. The van der Waals surface area contributed by atoms with Gasteiger partial charge in [0.1, 0.15) is 5.84 Å². The third kappa shape index (κ3) is 4.63. The number of hydrogen-bond donors (Lipinski definition) is 3. The second-order valence-corrected chi connectivity index (χ2v) is 4.92. The van der Waals surface area contributed by atoms with Crippen LogP contribution >= 0.6 is 12.4 Å². The van der Waals surface area contributed by atoms with Crippen molar-refractivity contribution in [1.82, 2.24) is 5.32 Å². The summed E-state index contributed by atoms with van der Waals surface area (Å²) in [5.74, 6) is 0.540. The fraction of sp³-hybridized carbons (Fsp3) is 0.467. The minimum atomic E-state index is -0.396. The van der Waals surface area contributed by atoms with Crippen molar-refractivity contribution < 1.29 is 4.79 Å². The Kier molecular flexibility index (Phi) is 7.02. The number of primary amides is 1. The number of halogens is 1. The molecule has 2 rings (SSSR count). The van der Waals surface area contributed by atoms with Gasteiger partial charge in [-0.15, -0.1) is 12.4 Å². The third-order valence-corrected chi connectivity index (χ3v) is 3.39. The highest BCUT2D eigenvalue weighted by atomic mass is 35.5. The minimum absolute atomic E-state index is 0. The van der Waals surface area contributed by atoms with Crippen molar-refractivity contribution >= 4 is 29.8 Å². The molecule has 0 aromatic heterocycles. The van der Waals surface area contributed by atoms with Crippen molar-refractivity contribution in [3.05, 3.63) is 29.3 Å². The Morgan fingerprint density at radius 2 is 2.29 bits per heavy atom. The molecule has 1 aliphatic rings. The molecule has 0 fully saturated rings. The quantitative estimate of drug-likeness (QED) is 0.720. The number of unbranched alkanes of at least 4 members (excludes halogenated alkanes) is 1. The molecule has 0 atom stereocenters. The van der Waals surface area contributed by atoms with E-state index in [0.717, 1.165) is 49.4 Å². The van der Waals surface area contributed by atoms with Crippen LogP contribution in [-0.2, 0) is 6.42 Å². The zero-order valence-corrected chi connectivity index (χ0v) is 13.1. The van der Waals surface area contributed by atoms with E-state index in [1.54, 1.807) is 6.07 Å². The number of nitrogens with one attached hydrogen (secondary N) is 2. The fourth-order valence-corrected chi connectivity index (χ4v) is 2.33. The van der Waals surface area contributed by atoms with Gasteiger partial charge in [0.15, 0.2) is 0 Å². The Bertz CT molecular complexity index is 516. The van der Waals surface area contributed by atoms with E-state index in [2.05, 4.69) is 22.5 Å². The van der Waals surface area contributed by atoms with Crippen LogP contribution in [0.15, 0.2) is 23.2 Å². The molecule has 21 heavy (non-hydrogen) atoms. The fourth-order valence-electron chi connectivity index (χ4n) is 2.33. The molecule has 1 amide bonds. The molecule has 1 aromatic carbocycles. The van der Waals surface area contributed by atoms with E-state index >= 15 is 0 Å². The largest absolute Gasteiger partial charge is 0.377 e. The predicted octanol–water partition coefficient (Wildman–Crippen LogP) is 1.96. The molecule has 0 bridgehead atoms. The van der Waals surface area contributed by atoms with Crippen LogP contribution in [0.25, 0.3) is 0 Å². The van der Waals surface area contributed by atoms with Crippen LogP contribution in [0.1, 0.15) is 35.7 Å². The lowest BCUT2D eigenvalue weighted by Gasteiger charge is -2.15. The molecule has 4 N–H and O–H groups in total. The van der Waals surface area contributed by atoms with Gasteiger partial charge in [-0.25, -0.2) is 0 Å². The van der Waals surface area contributed by atoms with Gasteiger partial charge in [-0.3, -0.25) is 9.79 Å². The monoisotopic (exact) mass is 310 g/mol. The third-order valence-electron chi connectivity index (χ3n) is 3.39. The molecule has 1 aliphatic heterocycles. The molecule has 116 valence electrons. The number of nitrogens with zero attached hydrogens (tertiary/aromatic N) is 1. The van der Waals surface area contributed by atoms with Crippen LogP contribution in [0.5, 0.6) is 0 Å². The minimum Gasteiger partial charge on any atom is -0.377 e. The molecule has 0 spiro atoms. The van der Waals surface area contributed by atoms with Crippen LogP contribution in [0.4, 0.5) is 5.69 Å². The number of benzene rings is 1. The Labute approximate surface area is 131 Å². The van der Waals surface area contributed by atoms with E-state index in [-0.39, 0.29) is 12.4 Å². The van der Waals surface area contributed by atoms with Gasteiger partial charge in [-0.2, -0.15) is 0 Å². The van der Waals surface area contributed by atoms with Crippen LogP contribution in [0.3, 0.4) is 0 Å². The van der Waals surface area contributed by atoms with Crippen molar-refractivity contribution in [2.24, 2.45) is 10.7 Å². The maximum atomic E-state index is 11.6. The molecule has 5 nitrogen and oxygen atoms in total. The summed E-state index contributed by atoms with van der Waals surface area (Å²) in [6.45, 7) is 4.46. The lowest BCUT2D eigenvalue weighted by atomic mass is 10.0. The molecular formula is C15H23ClN4O. The summed E-state index contributed by atoms with van der Waals surface area (Å²) in [6.07, 6.45) is 3.16. The number of amides is 1. The highest BCUT2D eigenvalue weighted by Crippen LogP contribution is 2.22. The lowest BCUT2D eigenvalue weighted by Crippen LogP contribution is -2.27. The van der Waals surface area contributed by atoms with Crippen LogP contribution < -0.4 is 16.4 Å². The number of hydrogen-bond acceptors (Lipinski definition) is 4. The van der Waals surface area contributed by atoms with E-state index < -0.39 is 5.91 Å². The van der Waals surface area contributed by atoms with Gasteiger partial charge in [-0.1, -0.05) is 25.5 Å². The number of aryl methyl sites for hydroxylation is 1. The SMILES string of the molecule is CCCCc1cccc(C(N)=O)c1NCC1=NCCN1.Cl. The molecule has 0 saturated carbocycles. The van der Waals surface area contributed by atoms with Gasteiger partial charge >= 0.3 is 0 Å². The smallest absolute Gasteiger partial charge is 0.250 e. The maximum absolute atomic E-state index is 11.6. The average molecular weight is 311 g/mol. The topological polar surface area (TPSA) is 79.5 Å². The van der Waals surface area contributed by atoms with Crippen LogP contribution in [-0.4, -0.2) is 31.4 Å². The number of carbonyl (C=O) groups is 1. The van der Waals surface area contributed by atoms with E-state index in [9.17, 15) is 4.79 Å². The molecule has 0 unspecified atom stereocenters. The average Bonchev–Trinajstić information content (AvgIpc) is 2.96. The standard InChI is InChI=1S/C15H22N4O.ClH/c1-2-3-5-11-6-4-7-12(15(16)20)14(11)19-10-13-17-8-9-18-13;/h4,6-7,19H,2-3,5,8-10H2,1H3,(H2,16,20)(H,17,18);1H. The van der Waals surface area contributed by atoms with Gasteiger partial charge in [-0.05, 0) is 24.5 Å². The lowest BCUT2D eigenvalue weighted by molar-refractivity contribution is 0.100. The Morgan fingerprint density at radius 3 is 2.90 bits per heavy atom. The molecule has 6 heteroatoms. The Morgan fingerprint density at radius 1 is 1.48 bits per heavy atom. The van der Waals surface area contributed by atoms with Gasteiger partial charge in [0.2, 0.25) is 0 Å². The highest BCUT2D eigenvalue weighted by molar-refractivity contribution is 6.00. The van der Waals surface area contributed by atoms with E-state index in [1.807, 2.05) is 12.1 Å².